The number of nitrogens with one attached hydrogen (secondary N) is 2. The van der Waals surface area contributed by atoms with Crippen molar-refractivity contribution in [3.8, 4) is 23.3 Å². The van der Waals surface area contributed by atoms with Crippen LogP contribution < -0.4 is 20.1 Å². The molecular formula is C50H43N15O5. The number of aliphatic imine (C=N–C) groups is 1. The van der Waals surface area contributed by atoms with Gasteiger partial charge in [-0.05, 0) is 103 Å². The van der Waals surface area contributed by atoms with Gasteiger partial charge in [0, 0.05) is 54.0 Å². The van der Waals surface area contributed by atoms with Crippen LogP contribution in [0.15, 0.2) is 128 Å². The molecule has 0 fully saturated rings. The summed E-state index contributed by atoms with van der Waals surface area (Å²) in [5.74, 6) is 3.44. The van der Waals surface area contributed by atoms with Crippen molar-refractivity contribution in [2.45, 2.75) is 53.0 Å². The average molecular weight is 934 g/mol. The largest absolute Gasteiger partial charge is 0.478 e. The lowest BCUT2D eigenvalue weighted by Gasteiger charge is -2.12. The van der Waals surface area contributed by atoms with Crippen molar-refractivity contribution in [2.24, 2.45) is 4.99 Å². The zero-order valence-corrected chi connectivity index (χ0v) is 38.3. The number of fused-ring (bicyclic) bond motifs is 4. The molecule has 20 nitrogen and oxygen atoms in total. The molecule has 2 N–H and O–H groups in total. The van der Waals surface area contributed by atoms with Gasteiger partial charge in [0.2, 0.25) is 17.5 Å². The minimum atomic E-state index is -0.461. The molecule has 1 unspecified atom stereocenters. The van der Waals surface area contributed by atoms with E-state index in [4.69, 9.17) is 14.2 Å². The molecule has 0 aliphatic carbocycles. The predicted octanol–water partition coefficient (Wildman–Crippen LogP) is 8.27. The first-order valence-electron chi connectivity index (χ1n) is 22.2. The van der Waals surface area contributed by atoms with Gasteiger partial charge in [0.25, 0.3) is 0 Å². The summed E-state index contributed by atoms with van der Waals surface area (Å²) in [6, 6.07) is 26.8. The first-order chi connectivity index (χ1) is 34.1. The molecular weight excluding hydrogens is 891 g/mol. The van der Waals surface area contributed by atoms with Gasteiger partial charge in [-0.2, -0.15) is 0 Å². The number of aromatic nitrogens is 12. The molecule has 7 heterocycles. The van der Waals surface area contributed by atoms with Crippen LogP contribution in [0.4, 0.5) is 23.0 Å². The fourth-order valence-corrected chi connectivity index (χ4v) is 7.60. The zero-order valence-electron chi connectivity index (χ0n) is 38.3. The van der Waals surface area contributed by atoms with Crippen LogP contribution in [0.1, 0.15) is 42.5 Å². The van der Waals surface area contributed by atoms with Crippen molar-refractivity contribution in [1.29, 1.82) is 0 Å². The molecule has 0 saturated heterocycles. The standard InChI is InChI=1S/C26H24N8O2.C24H19N7O3/c1-3-18-12-35-25(31-18)10-17-4-6-21-20(9-17)26(28-13-27-21)32-19-5-7-22(16(2)8-19)36-24-11-23-33-30-15-34(23)14-29-24;1-14-7-17(4-6-21(14)34-23-10-22-30-28-13-31(22)12-27-23)29-24-18-8-16(9-20(33)15(2)32)3-5-19(18)25-11-26-24/h4-9,11,13-15,18H,3,10,12H2,1-2H3,(H,27,28,32);3-8,10-13H,9H2,1-2H3,(H,25,26,29). The Morgan fingerprint density at radius 2 is 1.20 bits per heavy atom. The molecule has 0 saturated carbocycles. The van der Waals surface area contributed by atoms with E-state index in [0.29, 0.717) is 53.4 Å². The van der Waals surface area contributed by atoms with Crippen LogP contribution >= 0.6 is 0 Å². The van der Waals surface area contributed by atoms with E-state index in [2.05, 4.69) is 85.0 Å². The summed E-state index contributed by atoms with van der Waals surface area (Å²) < 4.78 is 21.1. The third-order valence-electron chi connectivity index (χ3n) is 11.4. The smallest absolute Gasteiger partial charge is 0.224 e. The van der Waals surface area contributed by atoms with Gasteiger partial charge in [-0.1, -0.05) is 19.1 Å². The first kappa shape index (κ1) is 44.5. The third-order valence-corrected chi connectivity index (χ3v) is 11.4. The van der Waals surface area contributed by atoms with Gasteiger partial charge in [-0.3, -0.25) is 18.4 Å². The van der Waals surface area contributed by atoms with Crippen LogP contribution in [0, 0.1) is 13.8 Å². The normalized spacial score (nSPS) is 13.1. The second-order valence-electron chi connectivity index (χ2n) is 16.4. The quantitative estimate of drug-likeness (QED) is 0.0976. The Labute approximate surface area is 398 Å². The molecule has 20 heteroatoms. The lowest BCUT2D eigenvalue weighted by atomic mass is 10.0. The van der Waals surface area contributed by atoms with E-state index in [0.717, 1.165) is 73.6 Å². The Bertz CT molecular complexity index is 3630. The highest BCUT2D eigenvalue weighted by atomic mass is 16.5. The Kier molecular flexibility index (Phi) is 12.4. The highest BCUT2D eigenvalue weighted by molar-refractivity contribution is 6.36. The van der Waals surface area contributed by atoms with E-state index >= 15 is 0 Å². The molecule has 1 aliphatic heterocycles. The number of ether oxygens (including phenoxy) is 3. The number of nitrogens with zero attached hydrogens (tertiary/aromatic N) is 13. The van der Waals surface area contributed by atoms with Crippen LogP contribution in [0.2, 0.25) is 0 Å². The number of aryl methyl sites for hydroxylation is 2. The fourth-order valence-electron chi connectivity index (χ4n) is 7.60. The Balaban J connectivity index is 0.000000162. The molecule has 0 amide bonds. The van der Waals surface area contributed by atoms with E-state index in [9.17, 15) is 9.59 Å². The molecule has 11 rings (SSSR count). The topological polar surface area (TPSA) is 236 Å². The molecule has 10 aromatic rings. The number of rotatable bonds is 14. The summed E-state index contributed by atoms with van der Waals surface area (Å²) in [7, 11) is 0. The van der Waals surface area contributed by atoms with Crippen LogP contribution in [0.25, 0.3) is 33.1 Å². The van der Waals surface area contributed by atoms with Crippen LogP contribution in [0.5, 0.6) is 23.3 Å². The van der Waals surface area contributed by atoms with Crippen LogP contribution in [0.3, 0.4) is 0 Å². The average Bonchev–Trinajstić information content (AvgIpc) is 4.15. The van der Waals surface area contributed by atoms with E-state index in [-0.39, 0.29) is 12.5 Å². The second kappa shape index (κ2) is 19.5. The zero-order chi connectivity index (χ0) is 48.1. The first-order valence-corrected chi connectivity index (χ1v) is 22.2. The number of carbonyl (C=O) groups is 2. The number of ketones is 2. The van der Waals surface area contributed by atoms with Gasteiger partial charge in [0.15, 0.2) is 23.0 Å². The van der Waals surface area contributed by atoms with Crippen molar-refractivity contribution in [1.82, 2.24) is 59.1 Å². The maximum Gasteiger partial charge on any atom is 0.224 e. The van der Waals surface area contributed by atoms with Gasteiger partial charge in [0.05, 0.1) is 17.1 Å². The Morgan fingerprint density at radius 3 is 1.71 bits per heavy atom. The number of Topliss-reactive ketones (excluding diaryl/α,β-unsaturated/α-hetero) is 2. The molecule has 348 valence electrons. The molecule has 0 radical (unpaired) electrons. The number of hydrogen-bond donors (Lipinski definition) is 2. The van der Waals surface area contributed by atoms with Crippen molar-refractivity contribution in [3.05, 3.63) is 145 Å². The minimum absolute atomic E-state index is 0.0411. The predicted molar refractivity (Wildman–Crippen MR) is 260 cm³/mol. The Hall–Kier alpha value is -9.33. The number of hydrogen-bond acceptors (Lipinski definition) is 18. The van der Waals surface area contributed by atoms with Gasteiger partial charge in [-0.15, -0.1) is 20.4 Å². The Morgan fingerprint density at radius 1 is 0.657 bits per heavy atom. The lowest BCUT2D eigenvalue weighted by Crippen LogP contribution is -2.12. The van der Waals surface area contributed by atoms with Crippen LogP contribution in [-0.4, -0.2) is 89.2 Å². The summed E-state index contributed by atoms with van der Waals surface area (Å²) in [5, 5.41) is 24.1. The second-order valence-corrected chi connectivity index (χ2v) is 16.4. The maximum absolute atomic E-state index is 11.9. The van der Waals surface area contributed by atoms with E-state index in [1.807, 2.05) is 68.4 Å². The third kappa shape index (κ3) is 10.0. The molecule has 1 atom stereocenters. The molecule has 70 heavy (non-hydrogen) atoms. The summed E-state index contributed by atoms with van der Waals surface area (Å²) in [6.07, 6.45) is 11.1. The van der Waals surface area contributed by atoms with Gasteiger partial charge < -0.3 is 24.8 Å². The monoisotopic (exact) mass is 933 g/mol. The van der Waals surface area contributed by atoms with Crippen LogP contribution in [-0.2, 0) is 27.2 Å². The van der Waals surface area contributed by atoms with E-state index in [1.165, 1.54) is 13.3 Å². The molecule has 1 aliphatic rings. The number of benzene rings is 4. The summed E-state index contributed by atoms with van der Waals surface area (Å²) in [5.41, 5.74) is 8.26. The lowest BCUT2D eigenvalue weighted by molar-refractivity contribution is -0.134. The van der Waals surface area contributed by atoms with Crippen molar-refractivity contribution in [2.75, 3.05) is 17.2 Å². The van der Waals surface area contributed by atoms with Gasteiger partial charge in [-0.25, -0.2) is 34.9 Å². The van der Waals surface area contributed by atoms with E-state index in [1.54, 1.807) is 58.6 Å². The van der Waals surface area contributed by atoms with Crippen molar-refractivity contribution >= 4 is 73.6 Å². The molecule has 0 bridgehead atoms. The summed E-state index contributed by atoms with van der Waals surface area (Å²) >= 11 is 0. The van der Waals surface area contributed by atoms with Gasteiger partial charge >= 0.3 is 0 Å². The number of anilines is 4. The SMILES string of the molecule is CC(=O)C(=O)Cc1ccc2ncnc(Nc3ccc(Oc4cc5nncn5cn4)c(C)c3)c2c1.CCC1COC(Cc2ccc3ncnc(Nc4ccc(Oc5cc6nncn6cn5)c(C)c4)c3c2)=N1. The number of carbonyl (C=O) groups excluding carboxylic acids is 2. The summed E-state index contributed by atoms with van der Waals surface area (Å²) in [6.45, 7) is 7.98. The maximum atomic E-state index is 11.9. The highest BCUT2D eigenvalue weighted by Crippen LogP contribution is 2.32. The molecule has 0 spiro atoms. The molecule has 4 aromatic carbocycles. The highest BCUT2D eigenvalue weighted by Gasteiger charge is 2.18. The van der Waals surface area contributed by atoms with E-state index < -0.39 is 11.6 Å². The van der Waals surface area contributed by atoms with Crippen molar-refractivity contribution < 1.29 is 23.8 Å². The molecule has 6 aromatic heterocycles. The van der Waals surface area contributed by atoms with Crippen molar-refractivity contribution in [3.63, 3.8) is 0 Å². The fraction of sp³-hybridized carbons (Fsp3) is 0.180. The minimum Gasteiger partial charge on any atom is -0.478 e. The van der Waals surface area contributed by atoms with Gasteiger partial charge in [0.1, 0.15) is 67.7 Å². The summed E-state index contributed by atoms with van der Waals surface area (Å²) in [4.78, 5) is 54.0.